The van der Waals surface area contributed by atoms with Crippen LogP contribution in [0.25, 0.3) is 11.3 Å². The lowest BCUT2D eigenvalue weighted by Gasteiger charge is -2.11. The minimum atomic E-state index is -0.110. The SMILES string of the molecule is O=C(Cc1cccc(O)c1)Nc1ccc(-c2cn3c(n2)CCCC3)cc1. The number of fused-ring (bicyclic) bond motifs is 1. The van der Waals surface area contributed by atoms with Crippen molar-refractivity contribution in [3.63, 3.8) is 0 Å². The van der Waals surface area contributed by atoms with Crippen molar-refractivity contribution in [1.29, 1.82) is 0 Å². The standard InChI is InChI=1S/C21H21N3O2/c25-18-5-3-4-15(12-18)13-21(26)22-17-9-7-16(8-10-17)19-14-24-11-2-1-6-20(24)23-19/h3-5,7-10,12,14,25H,1-2,6,11,13H2,(H,22,26). The fourth-order valence-corrected chi connectivity index (χ4v) is 3.33. The first-order valence-electron chi connectivity index (χ1n) is 8.92. The molecule has 0 fully saturated rings. The lowest BCUT2D eigenvalue weighted by atomic mass is 10.1. The average Bonchev–Trinajstić information content (AvgIpc) is 3.06. The van der Waals surface area contributed by atoms with Gasteiger partial charge in [-0.3, -0.25) is 4.79 Å². The highest BCUT2D eigenvalue weighted by atomic mass is 16.3. The summed E-state index contributed by atoms with van der Waals surface area (Å²) >= 11 is 0. The van der Waals surface area contributed by atoms with E-state index in [1.54, 1.807) is 18.2 Å². The quantitative estimate of drug-likeness (QED) is 0.755. The van der Waals surface area contributed by atoms with E-state index in [0.717, 1.165) is 41.3 Å². The van der Waals surface area contributed by atoms with Gasteiger partial charge in [-0.1, -0.05) is 24.3 Å². The Labute approximate surface area is 152 Å². The molecule has 0 spiro atoms. The Balaban J connectivity index is 1.42. The van der Waals surface area contributed by atoms with E-state index >= 15 is 0 Å². The second-order valence-corrected chi connectivity index (χ2v) is 6.67. The van der Waals surface area contributed by atoms with Gasteiger partial charge in [-0.2, -0.15) is 0 Å². The number of hydrogen-bond acceptors (Lipinski definition) is 3. The van der Waals surface area contributed by atoms with E-state index in [1.165, 1.54) is 12.8 Å². The van der Waals surface area contributed by atoms with Gasteiger partial charge in [-0.25, -0.2) is 4.98 Å². The van der Waals surface area contributed by atoms with Gasteiger partial charge in [0.2, 0.25) is 5.91 Å². The van der Waals surface area contributed by atoms with Gasteiger partial charge >= 0.3 is 0 Å². The van der Waals surface area contributed by atoms with Crippen molar-refractivity contribution in [2.75, 3.05) is 5.32 Å². The third-order valence-corrected chi connectivity index (χ3v) is 4.65. The minimum Gasteiger partial charge on any atom is -0.508 e. The lowest BCUT2D eigenvalue weighted by Crippen LogP contribution is -2.14. The molecule has 5 nitrogen and oxygen atoms in total. The maximum Gasteiger partial charge on any atom is 0.228 e. The van der Waals surface area contributed by atoms with Gasteiger partial charge in [0.05, 0.1) is 12.1 Å². The Kier molecular flexibility index (Phi) is 4.44. The molecule has 0 atom stereocenters. The average molecular weight is 347 g/mol. The molecule has 26 heavy (non-hydrogen) atoms. The molecule has 0 radical (unpaired) electrons. The summed E-state index contributed by atoms with van der Waals surface area (Å²) < 4.78 is 2.24. The summed E-state index contributed by atoms with van der Waals surface area (Å²) in [4.78, 5) is 16.9. The number of phenols is 1. The molecular weight excluding hydrogens is 326 g/mol. The zero-order valence-electron chi connectivity index (χ0n) is 14.5. The Morgan fingerprint density at radius 3 is 2.77 bits per heavy atom. The van der Waals surface area contributed by atoms with Crippen LogP contribution in [-0.4, -0.2) is 20.6 Å². The molecule has 2 N–H and O–H groups in total. The third kappa shape index (κ3) is 3.61. The largest absolute Gasteiger partial charge is 0.508 e. The van der Waals surface area contributed by atoms with Crippen LogP contribution in [0.3, 0.4) is 0 Å². The number of nitrogens with zero attached hydrogens (tertiary/aromatic N) is 2. The maximum atomic E-state index is 12.2. The molecule has 1 aromatic heterocycles. The summed E-state index contributed by atoms with van der Waals surface area (Å²) in [5, 5.41) is 12.4. The fourth-order valence-electron chi connectivity index (χ4n) is 3.33. The van der Waals surface area contributed by atoms with Crippen LogP contribution in [0, 0.1) is 0 Å². The van der Waals surface area contributed by atoms with Crippen LogP contribution in [-0.2, 0) is 24.2 Å². The van der Waals surface area contributed by atoms with Crippen molar-refractivity contribution in [2.24, 2.45) is 0 Å². The molecule has 1 amide bonds. The van der Waals surface area contributed by atoms with Gasteiger partial charge in [0.25, 0.3) is 0 Å². The van der Waals surface area contributed by atoms with E-state index in [-0.39, 0.29) is 18.1 Å². The van der Waals surface area contributed by atoms with Gasteiger partial charge in [-0.05, 0) is 42.7 Å². The number of amides is 1. The number of anilines is 1. The predicted molar refractivity (Wildman–Crippen MR) is 101 cm³/mol. The van der Waals surface area contributed by atoms with E-state index in [2.05, 4.69) is 16.1 Å². The molecule has 0 saturated heterocycles. The molecule has 0 aliphatic carbocycles. The smallest absolute Gasteiger partial charge is 0.228 e. The Morgan fingerprint density at radius 1 is 1.15 bits per heavy atom. The Morgan fingerprint density at radius 2 is 2.00 bits per heavy atom. The van der Waals surface area contributed by atoms with Crippen molar-refractivity contribution in [2.45, 2.75) is 32.2 Å². The van der Waals surface area contributed by atoms with Crippen molar-refractivity contribution in [1.82, 2.24) is 9.55 Å². The topological polar surface area (TPSA) is 67.2 Å². The highest BCUT2D eigenvalue weighted by molar-refractivity contribution is 5.92. The molecule has 0 saturated carbocycles. The fraction of sp³-hybridized carbons (Fsp3) is 0.238. The van der Waals surface area contributed by atoms with E-state index in [9.17, 15) is 9.90 Å². The molecule has 4 rings (SSSR count). The number of carbonyl (C=O) groups is 1. The highest BCUT2D eigenvalue weighted by Gasteiger charge is 2.13. The normalized spacial score (nSPS) is 13.2. The van der Waals surface area contributed by atoms with Crippen LogP contribution in [0.4, 0.5) is 5.69 Å². The van der Waals surface area contributed by atoms with Gasteiger partial charge in [0.1, 0.15) is 11.6 Å². The zero-order chi connectivity index (χ0) is 17.9. The number of carbonyl (C=O) groups excluding carboxylic acids is 1. The molecular formula is C21H21N3O2. The lowest BCUT2D eigenvalue weighted by molar-refractivity contribution is -0.115. The summed E-state index contributed by atoms with van der Waals surface area (Å²) in [5.41, 5.74) is 3.57. The number of benzene rings is 2. The summed E-state index contributed by atoms with van der Waals surface area (Å²) in [5.74, 6) is 1.22. The molecule has 0 bridgehead atoms. The van der Waals surface area contributed by atoms with Crippen LogP contribution >= 0.6 is 0 Å². The van der Waals surface area contributed by atoms with Gasteiger partial charge in [0.15, 0.2) is 0 Å². The number of rotatable bonds is 4. The first kappa shape index (κ1) is 16.4. The second kappa shape index (κ2) is 7.04. The van der Waals surface area contributed by atoms with Crippen molar-refractivity contribution in [3.05, 3.63) is 66.1 Å². The number of aryl methyl sites for hydroxylation is 2. The van der Waals surface area contributed by atoms with Gasteiger partial charge in [-0.15, -0.1) is 0 Å². The van der Waals surface area contributed by atoms with Crippen molar-refractivity contribution < 1.29 is 9.90 Å². The number of hydrogen-bond donors (Lipinski definition) is 2. The van der Waals surface area contributed by atoms with Crippen molar-refractivity contribution >= 4 is 11.6 Å². The van der Waals surface area contributed by atoms with Crippen LogP contribution in [0.15, 0.2) is 54.7 Å². The monoisotopic (exact) mass is 347 g/mol. The van der Waals surface area contributed by atoms with E-state index in [4.69, 9.17) is 4.98 Å². The molecule has 2 aromatic carbocycles. The second-order valence-electron chi connectivity index (χ2n) is 6.67. The van der Waals surface area contributed by atoms with Crippen molar-refractivity contribution in [3.8, 4) is 17.0 Å². The van der Waals surface area contributed by atoms with E-state index in [0.29, 0.717) is 0 Å². The van der Waals surface area contributed by atoms with Crippen LogP contribution in [0.2, 0.25) is 0 Å². The minimum absolute atomic E-state index is 0.110. The summed E-state index contributed by atoms with van der Waals surface area (Å²) in [6.45, 7) is 1.05. The molecule has 5 heteroatoms. The number of phenolic OH excluding ortho intramolecular Hbond substituents is 1. The third-order valence-electron chi connectivity index (χ3n) is 4.65. The van der Waals surface area contributed by atoms with Crippen LogP contribution < -0.4 is 5.32 Å². The Bertz CT molecular complexity index is 905. The van der Waals surface area contributed by atoms with Gasteiger partial charge in [0, 0.05) is 30.4 Å². The van der Waals surface area contributed by atoms with Crippen LogP contribution in [0.1, 0.15) is 24.2 Å². The molecule has 3 aromatic rings. The first-order chi connectivity index (χ1) is 12.7. The molecule has 2 heterocycles. The molecule has 1 aliphatic rings. The Hall–Kier alpha value is -3.08. The van der Waals surface area contributed by atoms with Crippen LogP contribution in [0.5, 0.6) is 5.75 Å². The van der Waals surface area contributed by atoms with E-state index in [1.807, 2.05) is 30.3 Å². The number of imidazole rings is 1. The zero-order valence-corrected chi connectivity index (χ0v) is 14.5. The molecule has 132 valence electrons. The molecule has 1 aliphatic heterocycles. The number of aromatic nitrogens is 2. The summed E-state index contributed by atoms with van der Waals surface area (Å²) in [7, 11) is 0. The summed E-state index contributed by atoms with van der Waals surface area (Å²) in [6.07, 6.45) is 5.81. The van der Waals surface area contributed by atoms with E-state index < -0.39 is 0 Å². The number of aromatic hydroxyl groups is 1. The summed E-state index contributed by atoms with van der Waals surface area (Å²) in [6, 6.07) is 14.5. The number of nitrogens with one attached hydrogen (secondary N) is 1. The first-order valence-corrected chi connectivity index (χ1v) is 8.92. The predicted octanol–water partition coefficient (Wildman–Crippen LogP) is 3.77. The maximum absolute atomic E-state index is 12.2. The molecule has 0 unspecified atom stereocenters. The highest BCUT2D eigenvalue weighted by Crippen LogP contribution is 2.24. The van der Waals surface area contributed by atoms with Gasteiger partial charge < -0.3 is 15.0 Å².